The number of sulfonamides is 1. The van der Waals surface area contributed by atoms with Gasteiger partial charge in [0.2, 0.25) is 11.8 Å². The zero-order valence-electron chi connectivity index (χ0n) is 22.1. The summed E-state index contributed by atoms with van der Waals surface area (Å²) in [4.78, 5) is 28.5. The van der Waals surface area contributed by atoms with Crippen LogP contribution in [0.4, 0.5) is 5.69 Å². The maximum Gasteiger partial charge on any atom is 0.264 e. The molecule has 0 spiro atoms. The molecule has 0 saturated carbocycles. The fraction of sp³-hybridized carbons (Fsp3) is 0.286. The number of carbonyl (C=O) groups is 2. The van der Waals surface area contributed by atoms with Crippen molar-refractivity contribution in [2.24, 2.45) is 0 Å². The first kappa shape index (κ1) is 32.0. The fourth-order valence-corrected chi connectivity index (χ4v) is 6.25. The molecular formula is C28H29Cl4N3O4S. The molecule has 0 aliphatic heterocycles. The van der Waals surface area contributed by atoms with Gasteiger partial charge < -0.3 is 10.2 Å². The molecule has 3 aromatic carbocycles. The van der Waals surface area contributed by atoms with E-state index in [9.17, 15) is 18.0 Å². The Hall–Kier alpha value is -2.49. The van der Waals surface area contributed by atoms with Crippen molar-refractivity contribution in [2.45, 2.75) is 50.7 Å². The van der Waals surface area contributed by atoms with Gasteiger partial charge in [0.15, 0.2) is 0 Å². The first-order chi connectivity index (χ1) is 18.8. The molecule has 3 rings (SSSR count). The molecule has 0 bridgehead atoms. The van der Waals surface area contributed by atoms with E-state index in [1.807, 2.05) is 13.8 Å². The summed E-state index contributed by atoms with van der Waals surface area (Å²) in [5.41, 5.74) is 0.636. The zero-order chi connectivity index (χ0) is 29.6. The van der Waals surface area contributed by atoms with Crippen molar-refractivity contribution < 1.29 is 18.0 Å². The third kappa shape index (κ3) is 7.83. The summed E-state index contributed by atoms with van der Waals surface area (Å²) in [6.45, 7) is 4.72. The molecule has 0 unspecified atom stereocenters. The highest BCUT2D eigenvalue weighted by atomic mass is 35.5. The Bertz CT molecular complexity index is 1470. The Morgan fingerprint density at radius 1 is 0.875 bits per heavy atom. The minimum atomic E-state index is -4.28. The Morgan fingerprint density at radius 2 is 1.52 bits per heavy atom. The van der Waals surface area contributed by atoms with Crippen molar-refractivity contribution in [3.63, 3.8) is 0 Å². The second-order valence-electron chi connectivity index (χ2n) is 9.28. The number of rotatable bonds is 11. The van der Waals surface area contributed by atoms with E-state index >= 15 is 0 Å². The Labute approximate surface area is 255 Å². The van der Waals surface area contributed by atoms with Crippen LogP contribution in [-0.4, -0.2) is 43.8 Å². The highest BCUT2D eigenvalue weighted by molar-refractivity contribution is 7.92. The Morgan fingerprint density at radius 3 is 2.12 bits per heavy atom. The average Bonchev–Trinajstić information content (AvgIpc) is 2.90. The van der Waals surface area contributed by atoms with Crippen molar-refractivity contribution in [1.29, 1.82) is 0 Å². The fourth-order valence-electron chi connectivity index (χ4n) is 4.04. The quantitative estimate of drug-likeness (QED) is 0.248. The number of benzene rings is 3. The van der Waals surface area contributed by atoms with Crippen LogP contribution in [0.15, 0.2) is 71.6 Å². The van der Waals surface area contributed by atoms with E-state index in [0.29, 0.717) is 10.6 Å². The van der Waals surface area contributed by atoms with Crippen LogP contribution >= 0.6 is 46.4 Å². The number of halogens is 4. The molecular weight excluding hydrogens is 616 g/mol. The molecule has 1 N–H and O–H groups in total. The van der Waals surface area contributed by atoms with Crippen LogP contribution in [0.25, 0.3) is 0 Å². The van der Waals surface area contributed by atoms with Crippen LogP contribution in [0, 0.1) is 0 Å². The molecule has 2 amide bonds. The molecule has 7 nitrogen and oxygen atoms in total. The molecule has 12 heteroatoms. The zero-order valence-corrected chi connectivity index (χ0v) is 25.9. The van der Waals surface area contributed by atoms with E-state index in [1.54, 1.807) is 43.3 Å². The lowest BCUT2D eigenvalue weighted by Crippen LogP contribution is -2.53. The van der Waals surface area contributed by atoms with Gasteiger partial charge in [0, 0.05) is 17.6 Å². The largest absolute Gasteiger partial charge is 0.352 e. The lowest BCUT2D eigenvalue weighted by atomic mass is 10.1. The molecule has 0 radical (unpaired) electrons. The monoisotopic (exact) mass is 643 g/mol. The van der Waals surface area contributed by atoms with Gasteiger partial charge in [-0.1, -0.05) is 77.6 Å². The topological polar surface area (TPSA) is 86.8 Å². The van der Waals surface area contributed by atoms with E-state index in [2.05, 4.69) is 5.32 Å². The van der Waals surface area contributed by atoms with Crippen LogP contribution < -0.4 is 9.62 Å². The van der Waals surface area contributed by atoms with E-state index in [0.717, 1.165) is 4.31 Å². The van der Waals surface area contributed by atoms with E-state index in [1.165, 1.54) is 35.2 Å². The molecule has 0 aliphatic rings. The van der Waals surface area contributed by atoms with Crippen molar-refractivity contribution in [1.82, 2.24) is 10.2 Å². The van der Waals surface area contributed by atoms with Crippen LogP contribution in [-0.2, 0) is 26.2 Å². The molecule has 40 heavy (non-hydrogen) atoms. The highest BCUT2D eigenvalue weighted by Gasteiger charge is 2.34. The normalized spacial score (nSPS) is 12.2. The first-order valence-corrected chi connectivity index (χ1v) is 15.4. The lowest BCUT2D eigenvalue weighted by Gasteiger charge is -2.33. The highest BCUT2D eigenvalue weighted by Crippen LogP contribution is 2.33. The molecule has 214 valence electrons. The second kappa shape index (κ2) is 13.9. The number of hydrogen-bond donors (Lipinski definition) is 1. The van der Waals surface area contributed by atoms with Crippen molar-refractivity contribution in [3.8, 4) is 0 Å². The third-order valence-corrected chi connectivity index (χ3v) is 9.01. The minimum absolute atomic E-state index is 0.0255. The van der Waals surface area contributed by atoms with Gasteiger partial charge in [-0.25, -0.2) is 8.42 Å². The summed E-state index contributed by atoms with van der Waals surface area (Å²) in [5.74, 6) is -1.00. The Balaban J connectivity index is 2.11. The van der Waals surface area contributed by atoms with Gasteiger partial charge in [-0.2, -0.15) is 0 Å². The number of nitrogens with one attached hydrogen (secondary N) is 1. The molecule has 1 atom stereocenters. The van der Waals surface area contributed by atoms with Gasteiger partial charge in [-0.05, 0) is 68.3 Å². The summed E-state index contributed by atoms with van der Waals surface area (Å²) in [6, 6.07) is 15.8. The van der Waals surface area contributed by atoms with Gasteiger partial charge in [0.1, 0.15) is 12.6 Å². The maximum absolute atomic E-state index is 14.1. The molecule has 0 fully saturated rings. The molecule has 3 aromatic rings. The van der Waals surface area contributed by atoms with Gasteiger partial charge in [0.25, 0.3) is 10.0 Å². The van der Waals surface area contributed by atoms with Crippen molar-refractivity contribution in [2.75, 3.05) is 10.8 Å². The average molecular weight is 645 g/mol. The summed E-state index contributed by atoms with van der Waals surface area (Å²) < 4.78 is 28.6. The van der Waals surface area contributed by atoms with Crippen molar-refractivity contribution >= 4 is 73.9 Å². The number of anilines is 1. The minimum Gasteiger partial charge on any atom is -0.352 e. The number of amides is 2. The van der Waals surface area contributed by atoms with E-state index < -0.39 is 28.5 Å². The summed E-state index contributed by atoms with van der Waals surface area (Å²) in [6.07, 6.45) is 0.273. The van der Waals surface area contributed by atoms with Gasteiger partial charge >= 0.3 is 0 Å². The van der Waals surface area contributed by atoms with Crippen molar-refractivity contribution in [3.05, 3.63) is 92.4 Å². The SMILES string of the molecule is CC[C@H](C(=O)NC(C)C)N(Cc1ccc(Cl)c(Cl)c1)C(=O)CN(c1cc(Cl)ccc1Cl)S(=O)(=O)c1ccccc1. The standard InChI is InChI=1S/C28H29Cl4N3O4S/c1-4-25(28(37)33-18(2)3)34(16-19-10-12-22(30)24(32)14-19)27(36)17-35(26-15-20(29)11-13-23(26)31)40(38,39)21-8-6-5-7-9-21/h5-15,18,25H,4,16-17H2,1-3H3,(H,33,37)/t25-/m1/s1. The van der Waals surface area contributed by atoms with Gasteiger partial charge in [0.05, 0.1) is 25.7 Å². The first-order valence-electron chi connectivity index (χ1n) is 12.4. The van der Waals surface area contributed by atoms with Crippen LogP contribution in [0.1, 0.15) is 32.8 Å². The van der Waals surface area contributed by atoms with Gasteiger partial charge in [-0.15, -0.1) is 0 Å². The predicted octanol–water partition coefficient (Wildman–Crippen LogP) is 6.83. The smallest absolute Gasteiger partial charge is 0.264 e. The number of hydrogen-bond acceptors (Lipinski definition) is 4. The molecule has 0 saturated heterocycles. The van der Waals surface area contributed by atoms with Crippen LogP contribution in [0.3, 0.4) is 0 Å². The third-order valence-electron chi connectivity index (χ3n) is 5.94. The van der Waals surface area contributed by atoms with Crippen LogP contribution in [0.2, 0.25) is 20.1 Å². The second-order valence-corrected chi connectivity index (χ2v) is 12.8. The maximum atomic E-state index is 14.1. The number of carbonyl (C=O) groups excluding carboxylic acids is 2. The lowest BCUT2D eigenvalue weighted by molar-refractivity contribution is -0.140. The summed E-state index contributed by atoms with van der Waals surface area (Å²) in [7, 11) is -4.28. The molecule has 0 aromatic heterocycles. The van der Waals surface area contributed by atoms with Crippen LogP contribution in [0.5, 0.6) is 0 Å². The van der Waals surface area contributed by atoms with Gasteiger partial charge in [-0.3, -0.25) is 13.9 Å². The summed E-state index contributed by atoms with van der Waals surface area (Å²) >= 11 is 24.9. The van der Waals surface area contributed by atoms with E-state index in [-0.39, 0.29) is 50.6 Å². The Kier molecular flexibility index (Phi) is 11.1. The number of nitrogens with zero attached hydrogens (tertiary/aromatic N) is 2. The predicted molar refractivity (Wildman–Crippen MR) is 162 cm³/mol. The molecule has 0 heterocycles. The molecule has 0 aliphatic carbocycles. The van der Waals surface area contributed by atoms with E-state index in [4.69, 9.17) is 46.4 Å². The summed E-state index contributed by atoms with van der Waals surface area (Å²) in [5, 5.41) is 3.77.